The van der Waals surface area contributed by atoms with Gasteiger partial charge in [-0.05, 0) is 18.1 Å². The number of ether oxygens (including phenoxy) is 2. The highest BCUT2D eigenvalue weighted by atomic mass is 32.2. The number of rotatable bonds is 3. The van der Waals surface area contributed by atoms with Crippen molar-refractivity contribution in [1.29, 1.82) is 0 Å². The number of hydrogen-bond donors (Lipinski definition) is 1. The van der Waals surface area contributed by atoms with E-state index in [9.17, 15) is 8.42 Å². The minimum Gasteiger partial charge on any atom is -0.486 e. The van der Waals surface area contributed by atoms with Crippen molar-refractivity contribution >= 4 is 9.84 Å². The summed E-state index contributed by atoms with van der Waals surface area (Å²) in [7, 11) is -3.23. The summed E-state index contributed by atoms with van der Waals surface area (Å²) in [4.78, 5) is 0.318. The summed E-state index contributed by atoms with van der Waals surface area (Å²) >= 11 is 0. The first kappa shape index (κ1) is 11.8. The lowest BCUT2D eigenvalue weighted by Gasteiger charge is -2.26. The molecule has 6 heteroatoms. The molecule has 0 aromatic heterocycles. The van der Waals surface area contributed by atoms with Crippen LogP contribution in [0, 0.1) is 5.92 Å². The summed E-state index contributed by atoms with van der Waals surface area (Å²) in [5, 5.41) is 3.08. The second-order valence-electron chi connectivity index (χ2n) is 4.61. The Bertz CT molecular complexity index is 551. The highest BCUT2D eigenvalue weighted by Crippen LogP contribution is 2.32. The Morgan fingerprint density at radius 3 is 2.56 bits per heavy atom. The molecule has 0 radical (unpaired) electrons. The van der Waals surface area contributed by atoms with Crippen LogP contribution < -0.4 is 14.8 Å². The Labute approximate surface area is 106 Å². The fourth-order valence-electron chi connectivity index (χ4n) is 2.09. The molecule has 3 rings (SSSR count). The molecule has 2 aliphatic rings. The van der Waals surface area contributed by atoms with E-state index in [0.717, 1.165) is 13.1 Å². The normalized spacial score (nSPS) is 19.3. The van der Waals surface area contributed by atoms with E-state index in [1.807, 2.05) is 0 Å². The van der Waals surface area contributed by atoms with Gasteiger partial charge in [0, 0.05) is 19.2 Å². The van der Waals surface area contributed by atoms with Gasteiger partial charge >= 0.3 is 0 Å². The fraction of sp³-hybridized carbons (Fsp3) is 0.500. The predicted octanol–water partition coefficient (Wildman–Crippen LogP) is 0.451. The highest BCUT2D eigenvalue weighted by Gasteiger charge is 2.26. The molecular weight excluding hydrogens is 254 g/mol. The van der Waals surface area contributed by atoms with Crippen LogP contribution in [0.4, 0.5) is 0 Å². The van der Waals surface area contributed by atoms with Crippen LogP contribution in [0.25, 0.3) is 0 Å². The Balaban J connectivity index is 1.86. The van der Waals surface area contributed by atoms with Crippen molar-refractivity contribution in [2.24, 2.45) is 5.92 Å². The van der Waals surface area contributed by atoms with Gasteiger partial charge in [0.25, 0.3) is 0 Å². The molecule has 1 N–H and O–H groups in total. The minimum atomic E-state index is -3.23. The van der Waals surface area contributed by atoms with Crippen LogP contribution >= 0.6 is 0 Å². The minimum absolute atomic E-state index is 0.194. The smallest absolute Gasteiger partial charge is 0.178 e. The monoisotopic (exact) mass is 269 g/mol. The van der Waals surface area contributed by atoms with E-state index in [2.05, 4.69) is 5.32 Å². The number of benzene rings is 1. The molecule has 1 fully saturated rings. The Morgan fingerprint density at radius 1 is 1.17 bits per heavy atom. The zero-order valence-corrected chi connectivity index (χ0v) is 10.7. The third-order valence-electron chi connectivity index (χ3n) is 3.19. The van der Waals surface area contributed by atoms with Gasteiger partial charge in [0.05, 0.1) is 10.6 Å². The van der Waals surface area contributed by atoms with E-state index in [1.54, 1.807) is 18.2 Å². The predicted molar refractivity (Wildman–Crippen MR) is 65.8 cm³/mol. The van der Waals surface area contributed by atoms with E-state index >= 15 is 0 Å². The SMILES string of the molecule is O=S(=O)(CC1CNC1)c1ccc2c(c1)OCCO2. The molecule has 0 aliphatic carbocycles. The van der Waals surface area contributed by atoms with Crippen LogP contribution in [0.2, 0.25) is 0 Å². The maximum Gasteiger partial charge on any atom is 0.178 e. The molecule has 1 saturated heterocycles. The third-order valence-corrected chi connectivity index (χ3v) is 5.08. The van der Waals surface area contributed by atoms with Gasteiger partial charge in [-0.15, -0.1) is 0 Å². The van der Waals surface area contributed by atoms with Gasteiger partial charge in [-0.25, -0.2) is 8.42 Å². The maximum absolute atomic E-state index is 12.2. The van der Waals surface area contributed by atoms with Crippen LogP contribution in [-0.2, 0) is 9.84 Å². The molecule has 1 aromatic carbocycles. The van der Waals surface area contributed by atoms with Crippen LogP contribution in [-0.4, -0.2) is 40.5 Å². The van der Waals surface area contributed by atoms with Crippen molar-refractivity contribution < 1.29 is 17.9 Å². The zero-order chi connectivity index (χ0) is 12.6. The number of hydrogen-bond acceptors (Lipinski definition) is 5. The van der Waals surface area contributed by atoms with Gasteiger partial charge in [0.2, 0.25) is 0 Å². The second-order valence-corrected chi connectivity index (χ2v) is 6.65. The largest absolute Gasteiger partial charge is 0.486 e. The number of nitrogens with one attached hydrogen (secondary N) is 1. The van der Waals surface area contributed by atoms with Crippen molar-refractivity contribution in [3.05, 3.63) is 18.2 Å². The van der Waals surface area contributed by atoms with Gasteiger partial charge in [-0.1, -0.05) is 0 Å². The lowest BCUT2D eigenvalue weighted by Crippen LogP contribution is -2.45. The van der Waals surface area contributed by atoms with Crippen molar-refractivity contribution in [3.8, 4) is 11.5 Å². The fourth-order valence-corrected chi connectivity index (χ4v) is 3.70. The van der Waals surface area contributed by atoms with Gasteiger partial charge in [-0.3, -0.25) is 0 Å². The molecular formula is C12H15NO4S. The molecule has 0 amide bonds. The average molecular weight is 269 g/mol. The molecule has 1 aromatic rings. The molecule has 5 nitrogen and oxygen atoms in total. The number of sulfone groups is 1. The molecule has 0 atom stereocenters. The van der Waals surface area contributed by atoms with E-state index in [0.29, 0.717) is 29.6 Å². The topological polar surface area (TPSA) is 64.6 Å². The lowest BCUT2D eigenvalue weighted by atomic mass is 10.1. The van der Waals surface area contributed by atoms with E-state index in [1.165, 1.54) is 0 Å². The molecule has 2 aliphatic heterocycles. The summed E-state index contributed by atoms with van der Waals surface area (Å²) in [5.41, 5.74) is 0. The van der Waals surface area contributed by atoms with Gasteiger partial charge in [0.15, 0.2) is 21.3 Å². The average Bonchev–Trinajstić information content (AvgIpc) is 2.33. The van der Waals surface area contributed by atoms with E-state index in [4.69, 9.17) is 9.47 Å². The molecule has 2 heterocycles. The molecule has 0 spiro atoms. The van der Waals surface area contributed by atoms with Gasteiger partial charge in [0.1, 0.15) is 13.2 Å². The van der Waals surface area contributed by atoms with Crippen LogP contribution in [0.15, 0.2) is 23.1 Å². The maximum atomic E-state index is 12.2. The van der Waals surface area contributed by atoms with E-state index < -0.39 is 9.84 Å². The third kappa shape index (κ3) is 2.18. The van der Waals surface area contributed by atoms with Gasteiger partial charge in [-0.2, -0.15) is 0 Å². The van der Waals surface area contributed by atoms with Crippen molar-refractivity contribution in [2.45, 2.75) is 4.90 Å². The molecule has 18 heavy (non-hydrogen) atoms. The standard InChI is InChI=1S/C12H15NO4S/c14-18(15,8-9-6-13-7-9)10-1-2-11-12(5-10)17-4-3-16-11/h1-2,5,9,13H,3-4,6-8H2. The first-order valence-electron chi connectivity index (χ1n) is 5.98. The quantitative estimate of drug-likeness (QED) is 0.863. The summed E-state index contributed by atoms with van der Waals surface area (Å²) in [6.07, 6.45) is 0. The highest BCUT2D eigenvalue weighted by molar-refractivity contribution is 7.91. The second kappa shape index (κ2) is 4.44. The van der Waals surface area contributed by atoms with Crippen molar-refractivity contribution in [3.63, 3.8) is 0 Å². The summed E-state index contributed by atoms with van der Waals surface area (Å²) < 4.78 is 35.2. The van der Waals surface area contributed by atoms with Crippen molar-refractivity contribution in [2.75, 3.05) is 32.1 Å². The van der Waals surface area contributed by atoms with Crippen LogP contribution in [0.5, 0.6) is 11.5 Å². The Hall–Kier alpha value is -1.27. The molecule has 98 valence electrons. The van der Waals surface area contributed by atoms with Crippen molar-refractivity contribution in [1.82, 2.24) is 5.32 Å². The molecule has 0 saturated carbocycles. The first-order valence-corrected chi connectivity index (χ1v) is 7.63. The summed E-state index contributed by atoms with van der Waals surface area (Å²) in [6.45, 7) is 2.53. The Morgan fingerprint density at radius 2 is 1.89 bits per heavy atom. The molecule has 0 unspecified atom stereocenters. The summed E-state index contributed by atoms with van der Waals surface area (Å²) in [6, 6.07) is 4.82. The van der Waals surface area contributed by atoms with Crippen LogP contribution in [0.3, 0.4) is 0 Å². The van der Waals surface area contributed by atoms with E-state index in [-0.39, 0.29) is 11.7 Å². The first-order chi connectivity index (χ1) is 8.65. The lowest BCUT2D eigenvalue weighted by molar-refractivity contribution is 0.171. The number of fused-ring (bicyclic) bond motifs is 1. The molecule has 0 bridgehead atoms. The van der Waals surface area contributed by atoms with Crippen LogP contribution in [0.1, 0.15) is 0 Å². The zero-order valence-electron chi connectivity index (χ0n) is 9.89. The Kier molecular flexibility index (Phi) is 2.91. The summed E-state index contributed by atoms with van der Waals surface area (Å²) in [5.74, 6) is 1.56. The van der Waals surface area contributed by atoms with Gasteiger partial charge < -0.3 is 14.8 Å².